The smallest absolute Gasteiger partial charge is 0.104 e. The number of nitrogens with zero attached hydrogens (tertiary/aromatic N) is 4. The average Bonchev–Trinajstić information content (AvgIpc) is 3.03. The third-order valence-corrected chi connectivity index (χ3v) is 2.77. The van der Waals surface area contributed by atoms with Crippen LogP contribution in [0.1, 0.15) is 0 Å². The molecule has 0 atom stereocenters. The van der Waals surface area contributed by atoms with Crippen molar-refractivity contribution in [3.63, 3.8) is 0 Å². The molecule has 0 radical (unpaired) electrons. The van der Waals surface area contributed by atoms with Crippen molar-refractivity contribution in [2.75, 3.05) is 0 Å². The Kier molecular flexibility index (Phi) is 2.23. The van der Waals surface area contributed by atoms with E-state index in [0.717, 1.165) is 16.9 Å². The maximum Gasteiger partial charge on any atom is 0.104 e. The normalized spacial score (nSPS) is 10.5. The molecule has 0 saturated carbocycles. The Hall–Kier alpha value is -2.01. The average molecular weight is 228 g/mol. The minimum atomic E-state index is 0.914. The first-order valence-corrected chi connectivity index (χ1v) is 5.54. The van der Waals surface area contributed by atoms with E-state index in [9.17, 15) is 0 Å². The van der Waals surface area contributed by atoms with Crippen LogP contribution in [-0.4, -0.2) is 18.5 Å². The second kappa shape index (κ2) is 3.86. The monoisotopic (exact) mass is 228 g/mol. The van der Waals surface area contributed by atoms with Crippen LogP contribution in [0.3, 0.4) is 0 Å². The Bertz CT molecular complexity index is 501. The molecule has 0 amide bonds. The van der Waals surface area contributed by atoms with Gasteiger partial charge in [-0.05, 0) is 18.2 Å². The maximum absolute atomic E-state index is 4.19. The Labute approximate surface area is 96.5 Å². The summed E-state index contributed by atoms with van der Waals surface area (Å²) < 4.78 is 9.99. The molecular formula is C11H8N4S. The van der Waals surface area contributed by atoms with Crippen LogP contribution >= 0.6 is 11.7 Å². The van der Waals surface area contributed by atoms with Crippen LogP contribution in [0.15, 0.2) is 48.9 Å². The Morgan fingerprint density at radius 1 is 1.12 bits per heavy atom. The lowest BCUT2D eigenvalue weighted by molar-refractivity contribution is 0.881. The molecule has 16 heavy (non-hydrogen) atoms. The van der Waals surface area contributed by atoms with Crippen molar-refractivity contribution in [1.82, 2.24) is 18.5 Å². The number of hydrogen-bond acceptors (Lipinski definition) is 4. The summed E-state index contributed by atoms with van der Waals surface area (Å²) in [5, 5.41) is 4.17. The second-order valence-electron chi connectivity index (χ2n) is 3.29. The molecule has 78 valence electrons. The molecular weight excluding hydrogens is 220 g/mol. The van der Waals surface area contributed by atoms with Gasteiger partial charge in [-0.15, -0.1) is 0 Å². The first-order chi connectivity index (χ1) is 7.93. The molecule has 0 aliphatic carbocycles. The van der Waals surface area contributed by atoms with Crippen molar-refractivity contribution >= 4 is 11.7 Å². The SMILES string of the molecule is c1cnn(-c2ccc(-c3cnsn3)cc2)c1. The van der Waals surface area contributed by atoms with Gasteiger partial charge in [0.2, 0.25) is 0 Å². The molecule has 3 aromatic rings. The highest BCUT2D eigenvalue weighted by Gasteiger charge is 2.01. The van der Waals surface area contributed by atoms with Gasteiger partial charge < -0.3 is 0 Å². The fourth-order valence-corrected chi connectivity index (χ4v) is 1.93. The molecule has 0 aliphatic rings. The van der Waals surface area contributed by atoms with E-state index in [1.807, 2.05) is 41.2 Å². The van der Waals surface area contributed by atoms with Gasteiger partial charge in [-0.2, -0.15) is 13.8 Å². The van der Waals surface area contributed by atoms with Gasteiger partial charge in [-0.3, -0.25) is 0 Å². The lowest BCUT2D eigenvalue weighted by atomic mass is 10.1. The molecule has 4 nitrogen and oxygen atoms in total. The summed E-state index contributed by atoms with van der Waals surface area (Å²) in [5.41, 5.74) is 3.03. The van der Waals surface area contributed by atoms with Crippen LogP contribution in [0.2, 0.25) is 0 Å². The molecule has 2 aromatic heterocycles. The Balaban J connectivity index is 1.97. The van der Waals surface area contributed by atoms with Gasteiger partial charge in [0, 0.05) is 18.0 Å². The van der Waals surface area contributed by atoms with Gasteiger partial charge in [-0.25, -0.2) is 4.68 Å². The van der Waals surface area contributed by atoms with Crippen molar-refractivity contribution in [1.29, 1.82) is 0 Å². The Morgan fingerprint density at radius 3 is 2.62 bits per heavy atom. The largest absolute Gasteiger partial charge is 0.241 e. The highest BCUT2D eigenvalue weighted by atomic mass is 32.1. The fourth-order valence-electron chi connectivity index (χ4n) is 1.50. The maximum atomic E-state index is 4.19. The summed E-state index contributed by atoms with van der Waals surface area (Å²) in [4.78, 5) is 0. The van der Waals surface area contributed by atoms with Gasteiger partial charge in [-0.1, -0.05) is 12.1 Å². The Morgan fingerprint density at radius 2 is 2.00 bits per heavy atom. The van der Waals surface area contributed by atoms with Crippen LogP contribution in [0.25, 0.3) is 16.9 Å². The summed E-state index contributed by atoms with van der Waals surface area (Å²) in [7, 11) is 0. The molecule has 0 aliphatic heterocycles. The summed E-state index contributed by atoms with van der Waals surface area (Å²) in [5.74, 6) is 0. The second-order valence-corrected chi connectivity index (χ2v) is 3.85. The lowest BCUT2D eigenvalue weighted by Gasteiger charge is -2.01. The van der Waals surface area contributed by atoms with Gasteiger partial charge in [0.25, 0.3) is 0 Å². The lowest BCUT2D eigenvalue weighted by Crippen LogP contribution is -1.93. The molecule has 0 fully saturated rings. The van der Waals surface area contributed by atoms with Gasteiger partial charge in [0.1, 0.15) is 5.69 Å². The number of aromatic nitrogens is 4. The zero-order valence-corrected chi connectivity index (χ0v) is 9.13. The standard InChI is InChI=1S/C11H8N4S/c1-6-12-15(7-1)10-4-2-9(3-5-10)11-8-13-16-14-11/h1-8H. The van der Waals surface area contributed by atoms with Crippen molar-refractivity contribution in [3.05, 3.63) is 48.9 Å². The highest BCUT2D eigenvalue weighted by molar-refractivity contribution is 6.99. The van der Waals surface area contributed by atoms with Gasteiger partial charge in [0.05, 0.1) is 23.6 Å². The molecule has 1 aromatic carbocycles. The first-order valence-electron chi connectivity index (χ1n) is 4.81. The van der Waals surface area contributed by atoms with Crippen LogP contribution in [0.5, 0.6) is 0 Å². The molecule has 0 saturated heterocycles. The molecule has 0 bridgehead atoms. The predicted octanol–water partition coefficient (Wildman–Crippen LogP) is 2.39. The summed E-state index contributed by atoms with van der Waals surface area (Å²) >= 11 is 1.22. The van der Waals surface area contributed by atoms with Crippen LogP contribution in [0.4, 0.5) is 0 Å². The van der Waals surface area contributed by atoms with E-state index in [0.29, 0.717) is 0 Å². The number of rotatable bonds is 2. The fraction of sp³-hybridized carbons (Fsp3) is 0. The van der Waals surface area contributed by atoms with E-state index in [1.165, 1.54) is 11.7 Å². The zero-order valence-electron chi connectivity index (χ0n) is 8.32. The summed E-state index contributed by atoms with van der Waals surface area (Å²) in [6.07, 6.45) is 5.45. The first kappa shape index (κ1) is 9.23. The molecule has 0 unspecified atom stereocenters. The summed E-state index contributed by atoms with van der Waals surface area (Å²) in [6.45, 7) is 0. The van der Waals surface area contributed by atoms with Crippen molar-refractivity contribution in [2.24, 2.45) is 0 Å². The van der Waals surface area contributed by atoms with Crippen molar-refractivity contribution in [2.45, 2.75) is 0 Å². The van der Waals surface area contributed by atoms with E-state index in [1.54, 1.807) is 12.4 Å². The van der Waals surface area contributed by atoms with E-state index in [4.69, 9.17) is 0 Å². The number of hydrogen-bond donors (Lipinski definition) is 0. The quantitative estimate of drug-likeness (QED) is 0.676. The molecule has 3 rings (SSSR count). The van der Waals surface area contributed by atoms with Gasteiger partial charge >= 0.3 is 0 Å². The number of benzene rings is 1. The van der Waals surface area contributed by atoms with Crippen molar-refractivity contribution in [3.8, 4) is 16.9 Å². The van der Waals surface area contributed by atoms with Crippen molar-refractivity contribution < 1.29 is 0 Å². The van der Waals surface area contributed by atoms with Crippen LogP contribution in [0, 0.1) is 0 Å². The summed E-state index contributed by atoms with van der Waals surface area (Å²) in [6, 6.07) is 9.98. The topological polar surface area (TPSA) is 43.6 Å². The van der Waals surface area contributed by atoms with E-state index in [2.05, 4.69) is 13.8 Å². The predicted molar refractivity (Wildman–Crippen MR) is 62.5 cm³/mol. The molecule has 2 heterocycles. The minimum Gasteiger partial charge on any atom is -0.241 e. The van der Waals surface area contributed by atoms with E-state index < -0.39 is 0 Å². The van der Waals surface area contributed by atoms with Crippen LogP contribution in [-0.2, 0) is 0 Å². The molecule has 0 N–H and O–H groups in total. The zero-order chi connectivity index (χ0) is 10.8. The molecule has 0 spiro atoms. The highest BCUT2D eigenvalue weighted by Crippen LogP contribution is 2.18. The minimum absolute atomic E-state index is 0.914. The molecule has 5 heteroatoms. The van der Waals surface area contributed by atoms with Crippen LogP contribution < -0.4 is 0 Å². The third kappa shape index (κ3) is 1.61. The van der Waals surface area contributed by atoms with Gasteiger partial charge in [0.15, 0.2) is 0 Å². The third-order valence-electron chi connectivity index (χ3n) is 2.29. The van der Waals surface area contributed by atoms with E-state index in [-0.39, 0.29) is 0 Å². The van der Waals surface area contributed by atoms with E-state index >= 15 is 0 Å².